The van der Waals surface area contributed by atoms with Crippen LogP contribution < -0.4 is 11.5 Å². The van der Waals surface area contributed by atoms with Gasteiger partial charge in [0.25, 0.3) is 0 Å². The third-order valence-electron chi connectivity index (χ3n) is 2.60. The summed E-state index contributed by atoms with van der Waals surface area (Å²) in [5.74, 6) is -0.893. The summed E-state index contributed by atoms with van der Waals surface area (Å²) in [5, 5.41) is 0. The Hall–Kier alpha value is -1.40. The number of benzene rings is 1. The highest BCUT2D eigenvalue weighted by Gasteiger charge is 2.18. The highest BCUT2D eigenvalue weighted by Crippen LogP contribution is 2.14. The van der Waals surface area contributed by atoms with E-state index in [9.17, 15) is 13.2 Å². The molecule has 1 atom stereocenters. The predicted molar refractivity (Wildman–Crippen MR) is 70.7 cm³/mol. The molecule has 1 unspecified atom stereocenters. The van der Waals surface area contributed by atoms with Gasteiger partial charge < -0.3 is 11.5 Å². The van der Waals surface area contributed by atoms with Crippen LogP contribution >= 0.6 is 0 Å². The van der Waals surface area contributed by atoms with E-state index in [1.54, 1.807) is 25.1 Å². The van der Waals surface area contributed by atoms with Gasteiger partial charge in [-0.25, -0.2) is 8.42 Å². The Morgan fingerprint density at radius 1 is 1.33 bits per heavy atom. The molecular weight excluding hydrogens is 252 g/mol. The predicted octanol–water partition coefficient (Wildman–Crippen LogP) is 0.295. The van der Waals surface area contributed by atoms with E-state index in [0.29, 0.717) is 12.1 Å². The van der Waals surface area contributed by atoms with Crippen molar-refractivity contribution in [1.29, 1.82) is 0 Å². The molecule has 5 nitrogen and oxygen atoms in total. The fourth-order valence-corrected chi connectivity index (χ4v) is 3.53. The fourth-order valence-electron chi connectivity index (χ4n) is 1.68. The second-order valence-electron chi connectivity index (χ2n) is 4.42. The van der Waals surface area contributed by atoms with Crippen molar-refractivity contribution >= 4 is 15.7 Å². The van der Waals surface area contributed by atoms with Gasteiger partial charge in [0.2, 0.25) is 5.91 Å². The van der Waals surface area contributed by atoms with Gasteiger partial charge in [-0.3, -0.25) is 4.79 Å². The molecule has 0 heterocycles. The zero-order chi connectivity index (χ0) is 13.8. The zero-order valence-electron chi connectivity index (χ0n) is 10.3. The molecule has 6 heteroatoms. The molecule has 18 heavy (non-hydrogen) atoms. The van der Waals surface area contributed by atoms with Gasteiger partial charge in [0, 0.05) is 5.56 Å². The molecule has 1 aromatic rings. The molecule has 0 aliphatic carbocycles. The largest absolute Gasteiger partial charge is 0.366 e. The standard InChI is InChI=1S/C12H18N2O3S/c1-9(6-13)7-18(16,17)8-10-4-2-3-5-11(10)12(14)15/h2-5,9H,6-8,13H2,1H3,(H2,14,15). The minimum Gasteiger partial charge on any atom is -0.366 e. The Morgan fingerprint density at radius 3 is 2.50 bits per heavy atom. The van der Waals surface area contributed by atoms with Gasteiger partial charge in [-0.1, -0.05) is 25.1 Å². The summed E-state index contributed by atoms with van der Waals surface area (Å²) in [6.45, 7) is 2.09. The summed E-state index contributed by atoms with van der Waals surface area (Å²) >= 11 is 0. The molecule has 1 rings (SSSR count). The van der Waals surface area contributed by atoms with Crippen LogP contribution in [-0.2, 0) is 15.6 Å². The van der Waals surface area contributed by atoms with Crippen LogP contribution in [0.5, 0.6) is 0 Å². The van der Waals surface area contributed by atoms with Crippen LogP contribution in [0, 0.1) is 5.92 Å². The maximum Gasteiger partial charge on any atom is 0.249 e. The number of nitrogens with two attached hydrogens (primary N) is 2. The summed E-state index contributed by atoms with van der Waals surface area (Å²) < 4.78 is 23.9. The van der Waals surface area contributed by atoms with E-state index in [1.165, 1.54) is 6.07 Å². The molecule has 0 aliphatic rings. The number of hydrogen-bond donors (Lipinski definition) is 2. The zero-order valence-corrected chi connectivity index (χ0v) is 11.1. The smallest absolute Gasteiger partial charge is 0.249 e. The molecule has 0 fully saturated rings. The van der Waals surface area contributed by atoms with Crippen molar-refractivity contribution < 1.29 is 13.2 Å². The first-order chi connectivity index (χ1) is 8.35. The molecule has 0 aliphatic heterocycles. The van der Waals surface area contributed by atoms with Crippen LogP contribution in [0.4, 0.5) is 0 Å². The van der Waals surface area contributed by atoms with Crippen LogP contribution in [0.25, 0.3) is 0 Å². The molecule has 0 saturated carbocycles. The molecule has 0 radical (unpaired) electrons. The molecule has 4 N–H and O–H groups in total. The lowest BCUT2D eigenvalue weighted by molar-refractivity contribution is 0.0999. The van der Waals surface area contributed by atoms with Crippen molar-refractivity contribution in [2.75, 3.05) is 12.3 Å². The molecule has 0 spiro atoms. The van der Waals surface area contributed by atoms with Crippen molar-refractivity contribution in [3.63, 3.8) is 0 Å². The lowest BCUT2D eigenvalue weighted by Gasteiger charge is -2.11. The van der Waals surface area contributed by atoms with Crippen LogP contribution in [0.1, 0.15) is 22.8 Å². The minimum absolute atomic E-state index is 0.0105. The summed E-state index contributed by atoms with van der Waals surface area (Å²) in [6.07, 6.45) is 0. The van der Waals surface area contributed by atoms with Gasteiger partial charge in [-0.2, -0.15) is 0 Å². The lowest BCUT2D eigenvalue weighted by atomic mass is 10.1. The number of rotatable bonds is 6. The van der Waals surface area contributed by atoms with E-state index in [2.05, 4.69) is 0 Å². The quantitative estimate of drug-likeness (QED) is 0.775. The fraction of sp³-hybridized carbons (Fsp3) is 0.417. The van der Waals surface area contributed by atoms with E-state index in [4.69, 9.17) is 11.5 Å². The highest BCUT2D eigenvalue weighted by molar-refractivity contribution is 7.90. The van der Waals surface area contributed by atoms with Gasteiger partial charge in [-0.15, -0.1) is 0 Å². The second kappa shape index (κ2) is 5.97. The van der Waals surface area contributed by atoms with E-state index < -0.39 is 15.7 Å². The highest BCUT2D eigenvalue weighted by atomic mass is 32.2. The summed E-state index contributed by atoms with van der Waals surface area (Å²) in [7, 11) is -3.29. The third-order valence-corrected chi connectivity index (χ3v) is 4.43. The summed E-state index contributed by atoms with van der Waals surface area (Å²) in [6, 6.07) is 6.46. The molecule has 100 valence electrons. The molecule has 1 amide bonds. The molecular formula is C12H18N2O3S. The van der Waals surface area contributed by atoms with Gasteiger partial charge >= 0.3 is 0 Å². The van der Waals surface area contributed by atoms with E-state index in [0.717, 1.165) is 0 Å². The third kappa shape index (κ3) is 4.12. The normalized spacial score (nSPS) is 13.2. The first kappa shape index (κ1) is 14.7. The van der Waals surface area contributed by atoms with Crippen molar-refractivity contribution in [3.8, 4) is 0 Å². The summed E-state index contributed by atoms with van der Waals surface area (Å²) in [5.41, 5.74) is 11.3. The molecule has 1 aromatic carbocycles. The average Bonchev–Trinajstić information content (AvgIpc) is 2.28. The summed E-state index contributed by atoms with van der Waals surface area (Å²) in [4.78, 5) is 11.2. The number of amides is 1. The van der Waals surface area contributed by atoms with Crippen LogP contribution in [0.2, 0.25) is 0 Å². The Balaban J connectivity index is 2.94. The first-order valence-corrected chi connectivity index (χ1v) is 7.46. The Labute approximate surface area is 107 Å². The van der Waals surface area contributed by atoms with Crippen LogP contribution in [-0.4, -0.2) is 26.6 Å². The van der Waals surface area contributed by atoms with Gasteiger partial charge in [0.1, 0.15) is 0 Å². The van der Waals surface area contributed by atoms with Gasteiger partial charge in [-0.05, 0) is 24.1 Å². The van der Waals surface area contributed by atoms with E-state index >= 15 is 0 Å². The topological polar surface area (TPSA) is 103 Å². The second-order valence-corrected chi connectivity index (χ2v) is 6.53. The van der Waals surface area contributed by atoms with Crippen molar-refractivity contribution in [3.05, 3.63) is 35.4 Å². The van der Waals surface area contributed by atoms with Crippen molar-refractivity contribution in [2.24, 2.45) is 17.4 Å². The molecule has 0 bridgehead atoms. The Bertz CT molecular complexity index is 526. The maximum atomic E-state index is 11.9. The van der Waals surface area contributed by atoms with Gasteiger partial charge in [0.15, 0.2) is 9.84 Å². The minimum atomic E-state index is -3.29. The van der Waals surface area contributed by atoms with Crippen LogP contribution in [0.3, 0.4) is 0 Å². The number of carbonyl (C=O) groups excluding carboxylic acids is 1. The number of primary amides is 1. The monoisotopic (exact) mass is 270 g/mol. The Morgan fingerprint density at radius 2 is 1.94 bits per heavy atom. The van der Waals surface area contributed by atoms with Crippen molar-refractivity contribution in [1.82, 2.24) is 0 Å². The molecule has 0 saturated heterocycles. The molecule has 0 aromatic heterocycles. The van der Waals surface area contributed by atoms with Crippen LogP contribution in [0.15, 0.2) is 24.3 Å². The Kier molecular flexibility index (Phi) is 4.86. The SMILES string of the molecule is CC(CN)CS(=O)(=O)Cc1ccccc1C(N)=O. The number of sulfone groups is 1. The first-order valence-electron chi connectivity index (χ1n) is 5.64. The average molecular weight is 270 g/mol. The number of hydrogen-bond acceptors (Lipinski definition) is 4. The van der Waals surface area contributed by atoms with Crippen molar-refractivity contribution in [2.45, 2.75) is 12.7 Å². The maximum absolute atomic E-state index is 11.9. The van der Waals surface area contributed by atoms with E-state index in [-0.39, 0.29) is 23.0 Å². The number of carbonyl (C=O) groups is 1. The van der Waals surface area contributed by atoms with E-state index in [1.807, 2.05) is 0 Å². The lowest BCUT2D eigenvalue weighted by Crippen LogP contribution is -2.23. The van der Waals surface area contributed by atoms with Gasteiger partial charge in [0.05, 0.1) is 11.5 Å².